The van der Waals surface area contributed by atoms with Gasteiger partial charge in [-0.25, -0.2) is 0 Å². The molecule has 0 radical (unpaired) electrons. The molecule has 3 heterocycles. The zero-order valence-electron chi connectivity index (χ0n) is 16.0. The molecule has 2 saturated heterocycles. The van der Waals surface area contributed by atoms with Gasteiger partial charge in [-0.15, -0.1) is 10.2 Å². The maximum atomic E-state index is 9.64. The lowest BCUT2D eigenvalue weighted by molar-refractivity contribution is 0.0775. The predicted octanol–water partition coefficient (Wildman–Crippen LogP) is 1.92. The molecule has 6 nitrogen and oxygen atoms in total. The van der Waals surface area contributed by atoms with Crippen molar-refractivity contribution in [2.45, 2.75) is 58.1 Å². The molecule has 0 aliphatic carbocycles. The highest BCUT2D eigenvalue weighted by Gasteiger charge is 2.26. The van der Waals surface area contributed by atoms with Gasteiger partial charge >= 0.3 is 0 Å². The summed E-state index contributed by atoms with van der Waals surface area (Å²) in [7, 11) is 2.11. The molecule has 2 aliphatic heterocycles. The molecule has 0 atom stereocenters. The molecule has 2 fully saturated rings. The second-order valence-electron chi connectivity index (χ2n) is 7.90. The fourth-order valence-corrected chi connectivity index (χ4v) is 3.83. The fourth-order valence-electron chi connectivity index (χ4n) is 3.83. The van der Waals surface area contributed by atoms with Crippen molar-refractivity contribution in [3.05, 3.63) is 23.3 Å². The Hall–Kier alpha value is -1.24. The van der Waals surface area contributed by atoms with E-state index in [1.165, 1.54) is 18.4 Å². The van der Waals surface area contributed by atoms with Crippen LogP contribution >= 0.6 is 0 Å². The number of likely N-dealkylation sites (tertiary alicyclic amines) is 2. The van der Waals surface area contributed by atoms with Gasteiger partial charge in [0.1, 0.15) is 11.6 Å². The minimum absolute atomic E-state index is 0.122. The van der Waals surface area contributed by atoms with E-state index < -0.39 is 0 Å². The van der Waals surface area contributed by atoms with E-state index in [2.05, 4.69) is 51.5 Å². The van der Waals surface area contributed by atoms with E-state index in [0.717, 1.165) is 63.8 Å². The van der Waals surface area contributed by atoms with Crippen LogP contribution < -0.4 is 0 Å². The zero-order chi connectivity index (χ0) is 17.8. The maximum Gasteiger partial charge on any atom is 0.146 e. The number of rotatable bonds is 5. The molecule has 1 aromatic rings. The van der Waals surface area contributed by atoms with Crippen LogP contribution in [0.3, 0.4) is 0 Å². The normalized spacial score (nSPS) is 21.6. The molecule has 0 saturated carbocycles. The second kappa shape index (κ2) is 8.43. The van der Waals surface area contributed by atoms with Gasteiger partial charge < -0.3 is 9.67 Å². The molecule has 0 unspecified atom stereocenters. The van der Waals surface area contributed by atoms with E-state index in [1.807, 2.05) is 0 Å². The molecule has 1 aromatic heterocycles. The molecule has 0 spiro atoms. The topological polar surface area (TPSA) is 57.4 Å². The van der Waals surface area contributed by atoms with Crippen molar-refractivity contribution in [3.8, 4) is 0 Å². The third-order valence-electron chi connectivity index (χ3n) is 5.63. The monoisotopic (exact) mass is 347 g/mol. The lowest BCUT2D eigenvalue weighted by Crippen LogP contribution is -2.36. The number of aliphatic hydroxyl groups is 1. The minimum Gasteiger partial charge on any atom is -0.393 e. The van der Waals surface area contributed by atoms with Crippen molar-refractivity contribution in [2.75, 3.05) is 32.7 Å². The summed E-state index contributed by atoms with van der Waals surface area (Å²) in [5.41, 5.74) is 1.39. The Morgan fingerprint density at radius 2 is 1.68 bits per heavy atom. The van der Waals surface area contributed by atoms with Crippen LogP contribution in [0.4, 0.5) is 0 Å². The average molecular weight is 348 g/mol. The average Bonchev–Trinajstić information content (AvgIpc) is 2.96. The Labute approximate surface area is 151 Å². The number of aliphatic hydroxyl groups excluding tert-OH is 1. The van der Waals surface area contributed by atoms with Crippen LogP contribution in [0.2, 0.25) is 0 Å². The fraction of sp³-hybridized carbons (Fsp3) is 0.789. The Balaban J connectivity index is 1.54. The van der Waals surface area contributed by atoms with Gasteiger partial charge in [0.2, 0.25) is 0 Å². The summed E-state index contributed by atoms with van der Waals surface area (Å²) in [6.07, 6.45) is 6.26. The van der Waals surface area contributed by atoms with E-state index in [4.69, 9.17) is 0 Å². The van der Waals surface area contributed by atoms with Crippen molar-refractivity contribution in [1.29, 1.82) is 0 Å². The molecule has 0 bridgehead atoms. The first kappa shape index (κ1) is 18.5. The summed E-state index contributed by atoms with van der Waals surface area (Å²) >= 11 is 0. The van der Waals surface area contributed by atoms with Gasteiger partial charge in [0.05, 0.1) is 12.6 Å². The SMILES string of the molecule is CC(C)=CCN1CCC(c2nnc(CN3CCC(O)CC3)n2C)CC1. The summed E-state index contributed by atoms with van der Waals surface area (Å²) in [6.45, 7) is 10.4. The van der Waals surface area contributed by atoms with E-state index in [9.17, 15) is 5.11 Å². The Morgan fingerprint density at radius 3 is 2.32 bits per heavy atom. The number of hydrogen-bond donors (Lipinski definition) is 1. The largest absolute Gasteiger partial charge is 0.393 e. The third kappa shape index (κ3) is 4.90. The molecule has 2 aliphatic rings. The second-order valence-corrected chi connectivity index (χ2v) is 7.90. The number of aromatic nitrogens is 3. The molecule has 6 heteroatoms. The van der Waals surface area contributed by atoms with Gasteiger partial charge in [0, 0.05) is 32.6 Å². The molecular formula is C19H33N5O. The number of allylic oxidation sites excluding steroid dienone is 1. The maximum absolute atomic E-state index is 9.64. The van der Waals surface area contributed by atoms with Gasteiger partial charge in [-0.05, 0) is 52.6 Å². The molecule has 1 N–H and O–H groups in total. The Kier molecular flexibility index (Phi) is 6.25. The summed E-state index contributed by atoms with van der Waals surface area (Å²) in [4.78, 5) is 4.91. The Morgan fingerprint density at radius 1 is 1.04 bits per heavy atom. The van der Waals surface area contributed by atoms with E-state index in [1.54, 1.807) is 0 Å². The van der Waals surface area contributed by atoms with Crippen molar-refractivity contribution in [2.24, 2.45) is 7.05 Å². The van der Waals surface area contributed by atoms with Crippen molar-refractivity contribution >= 4 is 0 Å². The number of piperidine rings is 2. The lowest BCUT2D eigenvalue weighted by atomic mass is 9.96. The number of hydrogen-bond acceptors (Lipinski definition) is 5. The van der Waals surface area contributed by atoms with Crippen LogP contribution in [0, 0.1) is 0 Å². The highest BCUT2D eigenvalue weighted by molar-refractivity contribution is 5.04. The van der Waals surface area contributed by atoms with Gasteiger partial charge in [-0.2, -0.15) is 0 Å². The first-order valence-corrected chi connectivity index (χ1v) is 9.67. The van der Waals surface area contributed by atoms with Crippen LogP contribution in [0.5, 0.6) is 0 Å². The van der Waals surface area contributed by atoms with E-state index >= 15 is 0 Å². The highest BCUT2D eigenvalue weighted by atomic mass is 16.3. The smallest absolute Gasteiger partial charge is 0.146 e. The van der Waals surface area contributed by atoms with E-state index in [-0.39, 0.29) is 6.10 Å². The first-order chi connectivity index (χ1) is 12.0. The quantitative estimate of drug-likeness (QED) is 0.825. The van der Waals surface area contributed by atoms with Crippen molar-refractivity contribution in [3.63, 3.8) is 0 Å². The minimum atomic E-state index is -0.122. The van der Waals surface area contributed by atoms with Crippen LogP contribution in [-0.2, 0) is 13.6 Å². The summed E-state index contributed by atoms with van der Waals surface area (Å²) in [5, 5.41) is 18.6. The van der Waals surface area contributed by atoms with Gasteiger partial charge in [-0.1, -0.05) is 11.6 Å². The Bertz CT molecular complexity index is 577. The van der Waals surface area contributed by atoms with Crippen LogP contribution in [0.25, 0.3) is 0 Å². The zero-order valence-corrected chi connectivity index (χ0v) is 16.0. The predicted molar refractivity (Wildman–Crippen MR) is 99.4 cm³/mol. The molecule has 3 rings (SSSR count). The molecular weight excluding hydrogens is 314 g/mol. The highest BCUT2D eigenvalue weighted by Crippen LogP contribution is 2.27. The molecule has 25 heavy (non-hydrogen) atoms. The van der Waals surface area contributed by atoms with Crippen LogP contribution in [-0.4, -0.2) is 68.5 Å². The lowest BCUT2D eigenvalue weighted by Gasteiger charge is -2.31. The van der Waals surface area contributed by atoms with Gasteiger partial charge in [0.15, 0.2) is 0 Å². The molecule has 0 amide bonds. The number of nitrogens with zero attached hydrogens (tertiary/aromatic N) is 5. The molecule has 140 valence electrons. The van der Waals surface area contributed by atoms with Gasteiger partial charge in [0.25, 0.3) is 0 Å². The van der Waals surface area contributed by atoms with Crippen LogP contribution in [0.15, 0.2) is 11.6 Å². The summed E-state index contributed by atoms with van der Waals surface area (Å²) < 4.78 is 2.21. The van der Waals surface area contributed by atoms with Crippen molar-refractivity contribution in [1.82, 2.24) is 24.6 Å². The molecule has 0 aromatic carbocycles. The van der Waals surface area contributed by atoms with Crippen LogP contribution in [0.1, 0.15) is 57.1 Å². The summed E-state index contributed by atoms with van der Waals surface area (Å²) in [6, 6.07) is 0. The first-order valence-electron chi connectivity index (χ1n) is 9.67. The van der Waals surface area contributed by atoms with Gasteiger partial charge in [-0.3, -0.25) is 9.80 Å². The van der Waals surface area contributed by atoms with E-state index in [0.29, 0.717) is 5.92 Å². The summed E-state index contributed by atoms with van der Waals surface area (Å²) in [5.74, 6) is 2.73. The third-order valence-corrected chi connectivity index (χ3v) is 5.63. The standard InChI is InChI=1S/C19H33N5O/c1-15(2)4-9-23-10-5-16(6-11-23)19-21-20-18(22(19)3)14-24-12-7-17(25)8-13-24/h4,16-17,25H,5-14H2,1-3H3. The van der Waals surface area contributed by atoms with Crippen molar-refractivity contribution < 1.29 is 5.11 Å².